The predicted octanol–water partition coefficient (Wildman–Crippen LogP) is 0.807. The number of amides is 1. The Balaban J connectivity index is 1.67. The number of carbonyl (C=O) groups is 1. The smallest absolute Gasteiger partial charge is 0.244 e. The van der Waals surface area contributed by atoms with Crippen LogP contribution in [0.4, 0.5) is 0 Å². The number of pyridine rings is 1. The van der Waals surface area contributed by atoms with Crippen LogP contribution in [0.15, 0.2) is 59.8 Å². The molecule has 1 aliphatic heterocycles. The molecule has 2 heterocycles. The first-order valence-corrected chi connectivity index (χ1v) is 11.4. The third-order valence-corrected chi connectivity index (χ3v) is 7.07. The van der Waals surface area contributed by atoms with Crippen LogP contribution in [0.1, 0.15) is 11.6 Å². The summed E-state index contributed by atoms with van der Waals surface area (Å²) < 4.78 is 26.4. The summed E-state index contributed by atoms with van der Waals surface area (Å²) in [6, 6.07) is 12.6. The quantitative estimate of drug-likeness (QED) is 0.666. The Bertz CT molecular complexity index is 916. The van der Waals surface area contributed by atoms with Crippen LogP contribution in [0, 0.1) is 0 Å². The summed E-state index contributed by atoms with van der Waals surface area (Å²) in [6.07, 6.45) is 2.79. The number of hydrogen-bond donors (Lipinski definition) is 1. The van der Waals surface area contributed by atoms with E-state index in [4.69, 9.17) is 0 Å². The highest BCUT2D eigenvalue weighted by Crippen LogP contribution is 2.16. The van der Waals surface area contributed by atoms with Gasteiger partial charge >= 0.3 is 0 Å². The molecule has 1 atom stereocenters. The second kappa shape index (κ2) is 10.1. The van der Waals surface area contributed by atoms with Gasteiger partial charge in [0.2, 0.25) is 15.9 Å². The number of hydrogen-bond acceptors (Lipinski definition) is 6. The van der Waals surface area contributed by atoms with Gasteiger partial charge < -0.3 is 10.2 Å². The second-order valence-electron chi connectivity index (χ2n) is 7.58. The molecule has 0 radical (unpaired) electrons. The molecule has 1 unspecified atom stereocenters. The van der Waals surface area contributed by atoms with Crippen molar-refractivity contribution in [1.82, 2.24) is 24.4 Å². The van der Waals surface area contributed by atoms with E-state index in [1.165, 1.54) is 25.5 Å². The minimum Gasteiger partial charge on any atom is -0.347 e. The molecule has 0 saturated carbocycles. The van der Waals surface area contributed by atoms with Gasteiger partial charge in [0.05, 0.1) is 12.6 Å². The number of likely N-dealkylation sites (N-methyl/N-ethyl adjacent to an activating group) is 2. The summed E-state index contributed by atoms with van der Waals surface area (Å²) in [5, 5.41) is 3.03. The molecule has 0 spiro atoms. The lowest BCUT2D eigenvalue weighted by Gasteiger charge is -2.35. The van der Waals surface area contributed by atoms with Crippen LogP contribution in [-0.4, -0.2) is 86.8 Å². The number of carbonyl (C=O) groups excluding carboxylic acids is 1. The van der Waals surface area contributed by atoms with E-state index in [0.29, 0.717) is 6.54 Å². The Labute approximate surface area is 178 Å². The van der Waals surface area contributed by atoms with Crippen molar-refractivity contribution in [3.63, 3.8) is 0 Å². The molecule has 1 N–H and O–H groups in total. The van der Waals surface area contributed by atoms with Crippen LogP contribution in [-0.2, 0) is 14.8 Å². The number of nitrogens with one attached hydrogen (secondary N) is 1. The molecule has 3 rings (SSSR count). The van der Waals surface area contributed by atoms with Gasteiger partial charge in [0, 0.05) is 52.2 Å². The summed E-state index contributed by atoms with van der Waals surface area (Å²) in [5.41, 5.74) is 1.00. The Kier molecular flexibility index (Phi) is 7.54. The van der Waals surface area contributed by atoms with Gasteiger partial charge in [-0.15, -0.1) is 0 Å². The third-order valence-electron chi connectivity index (χ3n) is 5.28. The van der Waals surface area contributed by atoms with E-state index >= 15 is 0 Å². The van der Waals surface area contributed by atoms with Crippen molar-refractivity contribution in [3.05, 3.63) is 60.4 Å². The molecule has 30 heavy (non-hydrogen) atoms. The lowest BCUT2D eigenvalue weighted by molar-refractivity contribution is -0.122. The molecule has 1 aliphatic rings. The van der Waals surface area contributed by atoms with Gasteiger partial charge in [-0.2, -0.15) is 4.31 Å². The van der Waals surface area contributed by atoms with Gasteiger partial charge in [0.1, 0.15) is 4.90 Å². The Hall–Kier alpha value is -2.33. The molecular formula is C21H29N5O3S. The zero-order valence-electron chi connectivity index (χ0n) is 17.4. The van der Waals surface area contributed by atoms with Crippen molar-refractivity contribution in [1.29, 1.82) is 0 Å². The molecular weight excluding hydrogens is 402 g/mol. The molecule has 162 valence electrons. The van der Waals surface area contributed by atoms with Crippen LogP contribution < -0.4 is 5.32 Å². The Morgan fingerprint density at radius 2 is 1.83 bits per heavy atom. The van der Waals surface area contributed by atoms with Crippen molar-refractivity contribution in [2.24, 2.45) is 0 Å². The summed E-state index contributed by atoms with van der Waals surface area (Å²) in [5.74, 6) is -0.340. The maximum Gasteiger partial charge on any atom is 0.244 e. The molecule has 9 heteroatoms. The third kappa shape index (κ3) is 5.85. The molecule has 1 aromatic carbocycles. The van der Waals surface area contributed by atoms with Crippen molar-refractivity contribution in [2.75, 3.05) is 53.4 Å². The lowest BCUT2D eigenvalue weighted by atomic mass is 10.1. The van der Waals surface area contributed by atoms with Gasteiger partial charge in [-0.1, -0.05) is 30.3 Å². The SMILES string of the molecule is CN1CCN(CC(NC(=O)CN(C)S(=O)(=O)c2cccnc2)c2ccccc2)CC1. The average molecular weight is 432 g/mol. The zero-order chi connectivity index (χ0) is 21.6. The highest BCUT2D eigenvalue weighted by Gasteiger charge is 2.26. The van der Waals surface area contributed by atoms with E-state index in [9.17, 15) is 13.2 Å². The number of nitrogens with zero attached hydrogens (tertiary/aromatic N) is 4. The van der Waals surface area contributed by atoms with E-state index in [-0.39, 0.29) is 23.4 Å². The van der Waals surface area contributed by atoms with E-state index in [1.807, 2.05) is 30.3 Å². The van der Waals surface area contributed by atoms with Crippen LogP contribution in [0.2, 0.25) is 0 Å². The fourth-order valence-corrected chi connectivity index (χ4v) is 4.51. The summed E-state index contributed by atoms with van der Waals surface area (Å²) >= 11 is 0. The fourth-order valence-electron chi connectivity index (χ4n) is 3.42. The highest BCUT2D eigenvalue weighted by atomic mass is 32.2. The van der Waals surface area contributed by atoms with E-state index in [2.05, 4.69) is 27.1 Å². The highest BCUT2D eigenvalue weighted by molar-refractivity contribution is 7.89. The molecule has 0 bridgehead atoms. The second-order valence-corrected chi connectivity index (χ2v) is 9.63. The fraction of sp³-hybridized carbons (Fsp3) is 0.429. The van der Waals surface area contributed by atoms with E-state index in [0.717, 1.165) is 36.0 Å². The number of piperazine rings is 1. The van der Waals surface area contributed by atoms with Gasteiger partial charge in [-0.05, 0) is 24.7 Å². The van der Waals surface area contributed by atoms with Crippen LogP contribution >= 0.6 is 0 Å². The van der Waals surface area contributed by atoms with Crippen LogP contribution in [0.3, 0.4) is 0 Å². The molecule has 1 fully saturated rings. The molecule has 1 saturated heterocycles. The topological polar surface area (TPSA) is 85.9 Å². The van der Waals surface area contributed by atoms with Gasteiger partial charge in [-0.25, -0.2) is 8.42 Å². The Morgan fingerprint density at radius 1 is 1.13 bits per heavy atom. The molecule has 2 aromatic rings. The van der Waals surface area contributed by atoms with Gasteiger partial charge in [-0.3, -0.25) is 14.7 Å². The summed E-state index contributed by atoms with van der Waals surface area (Å²) in [6.45, 7) is 4.27. The summed E-state index contributed by atoms with van der Waals surface area (Å²) in [4.78, 5) is 21.3. The minimum absolute atomic E-state index is 0.0670. The number of sulfonamides is 1. The van der Waals surface area contributed by atoms with E-state index < -0.39 is 10.0 Å². The first kappa shape index (κ1) is 22.4. The predicted molar refractivity (Wildman–Crippen MR) is 115 cm³/mol. The van der Waals surface area contributed by atoms with Crippen LogP contribution in [0.25, 0.3) is 0 Å². The molecule has 1 amide bonds. The number of rotatable bonds is 8. The summed E-state index contributed by atoms with van der Waals surface area (Å²) in [7, 11) is -0.268. The standard InChI is InChI=1S/C21H29N5O3S/c1-24-11-13-26(14-12-24)16-20(18-7-4-3-5-8-18)23-21(27)17-25(2)30(28,29)19-9-6-10-22-15-19/h3-10,15,20H,11-14,16-17H2,1-2H3,(H,23,27). The van der Waals surface area contributed by atoms with Crippen molar-refractivity contribution in [3.8, 4) is 0 Å². The van der Waals surface area contributed by atoms with Crippen molar-refractivity contribution in [2.45, 2.75) is 10.9 Å². The van der Waals surface area contributed by atoms with Gasteiger partial charge in [0.15, 0.2) is 0 Å². The average Bonchev–Trinajstić information content (AvgIpc) is 2.76. The van der Waals surface area contributed by atoms with Crippen molar-refractivity contribution >= 4 is 15.9 Å². The largest absolute Gasteiger partial charge is 0.347 e. The monoisotopic (exact) mass is 431 g/mol. The minimum atomic E-state index is -3.77. The first-order valence-electron chi connectivity index (χ1n) is 9.98. The molecule has 0 aliphatic carbocycles. The number of aromatic nitrogens is 1. The van der Waals surface area contributed by atoms with E-state index in [1.54, 1.807) is 6.07 Å². The zero-order valence-corrected chi connectivity index (χ0v) is 18.3. The lowest BCUT2D eigenvalue weighted by Crippen LogP contribution is -2.48. The molecule has 8 nitrogen and oxygen atoms in total. The normalized spacial score (nSPS) is 17.0. The Morgan fingerprint density at radius 3 is 2.47 bits per heavy atom. The number of benzene rings is 1. The first-order chi connectivity index (χ1) is 14.4. The van der Waals surface area contributed by atoms with Crippen LogP contribution in [0.5, 0.6) is 0 Å². The van der Waals surface area contributed by atoms with Crippen molar-refractivity contribution < 1.29 is 13.2 Å². The molecule has 1 aromatic heterocycles. The maximum absolute atomic E-state index is 12.7. The van der Waals surface area contributed by atoms with Gasteiger partial charge in [0.25, 0.3) is 0 Å². The maximum atomic E-state index is 12.7.